The Morgan fingerprint density at radius 1 is 1.31 bits per heavy atom. The highest BCUT2D eigenvalue weighted by Crippen LogP contribution is 2.01. The number of hydrogen-bond acceptors (Lipinski definition) is 0. The van der Waals surface area contributed by atoms with E-state index in [4.69, 9.17) is 11.6 Å². The summed E-state index contributed by atoms with van der Waals surface area (Å²) in [6.07, 6.45) is 2.09. The summed E-state index contributed by atoms with van der Waals surface area (Å²) in [5.41, 5.74) is 0. The van der Waals surface area contributed by atoms with Gasteiger partial charge < -0.3 is 0 Å². The molecule has 2 heteroatoms. The molecule has 1 aromatic carbocycles. The fourth-order valence-electron chi connectivity index (χ4n) is 1.07. The maximum Gasteiger partial charge on any atom is 0.115 e. The lowest BCUT2D eigenvalue weighted by atomic mass is 10.3. The zero-order chi connectivity index (χ0) is 9.52. The maximum absolute atomic E-state index is 5.61. The molecule has 13 heavy (non-hydrogen) atoms. The van der Waals surface area contributed by atoms with Gasteiger partial charge in [0.15, 0.2) is 0 Å². The summed E-state index contributed by atoms with van der Waals surface area (Å²) in [5.74, 6) is 0.734. The van der Waals surface area contributed by atoms with Gasteiger partial charge in [0, 0.05) is 5.88 Å². The molecule has 0 saturated heterocycles. The molecule has 0 unspecified atom stereocenters. The summed E-state index contributed by atoms with van der Waals surface area (Å²) in [7, 11) is 0.735. The number of halogens is 1. The first-order valence-corrected chi connectivity index (χ1v) is 5.92. The number of alkyl halides is 1. The molecule has 2 radical (unpaired) electrons. The van der Waals surface area contributed by atoms with E-state index in [1.165, 1.54) is 10.4 Å². The molecule has 0 nitrogen and oxygen atoms in total. The second-order valence-electron chi connectivity index (χ2n) is 2.89. The Bertz CT molecular complexity index is 256. The molecule has 68 valence electrons. The van der Waals surface area contributed by atoms with Gasteiger partial charge in [-0.2, -0.15) is 0 Å². The second-order valence-corrected chi connectivity index (χ2v) is 4.80. The fraction of sp³-hybridized carbons (Fsp3) is 0.273. The van der Waals surface area contributed by atoms with E-state index in [2.05, 4.69) is 30.8 Å². The third kappa shape index (κ3) is 4.30. The van der Waals surface area contributed by atoms with Crippen LogP contribution in [0, 0.1) is 0 Å². The minimum atomic E-state index is 0.734. The monoisotopic (exact) mass is 208 g/mol. The highest BCUT2D eigenvalue weighted by molar-refractivity contribution is 6.60. The third-order valence-electron chi connectivity index (χ3n) is 1.71. The van der Waals surface area contributed by atoms with Gasteiger partial charge >= 0.3 is 0 Å². The Labute approximate surface area is 87.4 Å². The van der Waals surface area contributed by atoms with Gasteiger partial charge in [-0.15, -0.1) is 18.2 Å². The van der Waals surface area contributed by atoms with Crippen molar-refractivity contribution in [3.05, 3.63) is 42.1 Å². The topological polar surface area (TPSA) is 0 Å². The average Bonchev–Trinajstić information content (AvgIpc) is 2.16. The lowest BCUT2D eigenvalue weighted by molar-refractivity contribution is 0.953. The van der Waals surface area contributed by atoms with Crippen LogP contribution in [-0.2, 0) is 0 Å². The number of allylic oxidation sites excluding steroid dienone is 1. The summed E-state index contributed by atoms with van der Waals surface area (Å²) >= 11 is 5.61. The zero-order valence-electron chi connectivity index (χ0n) is 7.59. The summed E-state index contributed by atoms with van der Waals surface area (Å²) in [6, 6.07) is 10.5. The van der Waals surface area contributed by atoms with E-state index in [0.717, 1.165) is 28.2 Å². The fourth-order valence-corrected chi connectivity index (χ4v) is 2.27. The Balaban J connectivity index is 2.37. The zero-order valence-corrected chi connectivity index (χ0v) is 9.35. The van der Waals surface area contributed by atoms with Crippen LogP contribution >= 0.6 is 11.6 Å². The molecule has 0 aliphatic carbocycles. The molecule has 0 amide bonds. The predicted molar refractivity (Wildman–Crippen MR) is 60.9 cm³/mol. The van der Waals surface area contributed by atoms with E-state index in [1.54, 1.807) is 0 Å². The quantitative estimate of drug-likeness (QED) is 0.516. The van der Waals surface area contributed by atoms with Crippen molar-refractivity contribution in [2.24, 2.45) is 0 Å². The molecule has 0 saturated carbocycles. The van der Waals surface area contributed by atoms with Gasteiger partial charge in [0.1, 0.15) is 9.52 Å². The molecule has 0 atom stereocenters. The number of hydrogen-bond donors (Lipinski definition) is 0. The highest BCUT2D eigenvalue weighted by atomic mass is 35.5. The van der Waals surface area contributed by atoms with Crippen molar-refractivity contribution in [3.8, 4) is 0 Å². The largest absolute Gasteiger partial charge is 0.127 e. The maximum atomic E-state index is 5.61. The molecule has 0 aromatic heterocycles. The summed E-state index contributed by atoms with van der Waals surface area (Å²) < 4.78 is 0. The van der Waals surface area contributed by atoms with E-state index in [0.29, 0.717) is 0 Å². The molecule has 0 fully saturated rings. The average molecular weight is 209 g/mol. The third-order valence-corrected chi connectivity index (χ3v) is 3.20. The minimum absolute atomic E-state index is 0.734. The van der Waals surface area contributed by atoms with Crippen LogP contribution in [0.2, 0.25) is 0 Å². The van der Waals surface area contributed by atoms with Crippen molar-refractivity contribution in [2.45, 2.75) is 12.8 Å². The Morgan fingerprint density at radius 2 is 2.00 bits per heavy atom. The predicted octanol–water partition coefficient (Wildman–Crippen LogP) is 2.55. The molecule has 0 bridgehead atoms. The van der Waals surface area contributed by atoms with Crippen molar-refractivity contribution in [2.75, 3.05) is 5.88 Å². The van der Waals surface area contributed by atoms with E-state index < -0.39 is 0 Å². The molecule has 0 N–H and O–H groups in total. The van der Waals surface area contributed by atoms with Crippen LogP contribution in [0.3, 0.4) is 0 Å². The molecule has 0 aliphatic rings. The smallest absolute Gasteiger partial charge is 0.115 e. The first-order chi connectivity index (χ1) is 6.33. The van der Waals surface area contributed by atoms with Gasteiger partial charge in [0.25, 0.3) is 0 Å². The van der Waals surface area contributed by atoms with E-state index in [1.807, 2.05) is 6.07 Å². The normalized spacial score (nSPS) is 9.92. The minimum Gasteiger partial charge on any atom is -0.127 e. The van der Waals surface area contributed by atoms with Gasteiger partial charge in [0.2, 0.25) is 0 Å². The van der Waals surface area contributed by atoms with Crippen molar-refractivity contribution >= 4 is 26.3 Å². The van der Waals surface area contributed by atoms with Crippen LogP contribution in [0.25, 0.3) is 0 Å². The standard InChI is InChI=1S/C11H13ClSi/c1-10(6-5-9-12)13-11-7-3-2-4-8-11/h2-4,7-8H,1,5-6,9H2. The van der Waals surface area contributed by atoms with E-state index in [9.17, 15) is 0 Å². The van der Waals surface area contributed by atoms with Gasteiger partial charge in [-0.05, 0) is 12.8 Å². The van der Waals surface area contributed by atoms with Gasteiger partial charge in [-0.25, -0.2) is 0 Å². The highest BCUT2D eigenvalue weighted by Gasteiger charge is 1.97. The van der Waals surface area contributed by atoms with Crippen molar-refractivity contribution in [1.29, 1.82) is 0 Å². The van der Waals surface area contributed by atoms with E-state index >= 15 is 0 Å². The van der Waals surface area contributed by atoms with Gasteiger partial charge in [-0.3, -0.25) is 0 Å². The number of benzene rings is 1. The summed E-state index contributed by atoms with van der Waals surface area (Å²) in [4.78, 5) is 0. The Morgan fingerprint density at radius 3 is 2.62 bits per heavy atom. The van der Waals surface area contributed by atoms with Gasteiger partial charge in [0.05, 0.1) is 0 Å². The van der Waals surface area contributed by atoms with Crippen molar-refractivity contribution < 1.29 is 0 Å². The van der Waals surface area contributed by atoms with Crippen LogP contribution < -0.4 is 5.19 Å². The molecule has 0 heterocycles. The van der Waals surface area contributed by atoms with Crippen LogP contribution in [-0.4, -0.2) is 15.4 Å². The van der Waals surface area contributed by atoms with Crippen LogP contribution in [0.15, 0.2) is 42.1 Å². The van der Waals surface area contributed by atoms with Crippen LogP contribution in [0.4, 0.5) is 0 Å². The molecule has 0 spiro atoms. The molecular formula is C11H13ClSi. The molecule has 0 aliphatic heterocycles. The van der Waals surface area contributed by atoms with Crippen LogP contribution in [0.1, 0.15) is 12.8 Å². The van der Waals surface area contributed by atoms with E-state index in [-0.39, 0.29) is 0 Å². The number of rotatable bonds is 5. The Hall–Kier alpha value is -0.533. The van der Waals surface area contributed by atoms with Crippen LogP contribution in [0.5, 0.6) is 0 Å². The molecule has 1 aromatic rings. The first kappa shape index (κ1) is 10.5. The second kappa shape index (κ2) is 6.00. The summed E-state index contributed by atoms with van der Waals surface area (Å²) in [6.45, 7) is 4.04. The SMILES string of the molecule is C=C(CCCCl)[Si]c1ccccc1. The van der Waals surface area contributed by atoms with Crippen molar-refractivity contribution in [3.63, 3.8) is 0 Å². The lowest BCUT2D eigenvalue weighted by Gasteiger charge is -2.02. The van der Waals surface area contributed by atoms with Crippen molar-refractivity contribution in [1.82, 2.24) is 0 Å². The summed E-state index contributed by atoms with van der Waals surface area (Å²) in [5, 5.41) is 2.66. The van der Waals surface area contributed by atoms with Gasteiger partial charge in [-0.1, -0.05) is 40.7 Å². The molecule has 1 rings (SSSR count). The lowest BCUT2D eigenvalue weighted by Crippen LogP contribution is -2.15. The molecular weight excluding hydrogens is 196 g/mol. The first-order valence-electron chi connectivity index (χ1n) is 4.39. The Kier molecular flexibility index (Phi) is 4.87.